The number of nitrogens with two attached hydrogens (primary N) is 1. The predicted molar refractivity (Wildman–Crippen MR) is 108 cm³/mol. The fourth-order valence-electron chi connectivity index (χ4n) is 4.66. The van der Waals surface area contributed by atoms with Gasteiger partial charge in [-0.2, -0.15) is 0 Å². The Morgan fingerprint density at radius 1 is 0.960 bits per heavy atom. The average Bonchev–Trinajstić information content (AvgIpc) is 3.13. The molecule has 0 bridgehead atoms. The molecular formula is C18H36Cl2N4O. The summed E-state index contributed by atoms with van der Waals surface area (Å²) in [5.41, 5.74) is 5.78. The number of hydrogen-bond acceptors (Lipinski definition) is 4. The summed E-state index contributed by atoms with van der Waals surface area (Å²) in [6.07, 6.45) is 6.63. The van der Waals surface area contributed by atoms with Crippen molar-refractivity contribution in [3.05, 3.63) is 0 Å². The molecular weight excluding hydrogens is 359 g/mol. The number of piperazine rings is 1. The highest BCUT2D eigenvalue weighted by Crippen LogP contribution is 2.29. The van der Waals surface area contributed by atoms with Gasteiger partial charge >= 0.3 is 0 Å². The zero-order chi connectivity index (χ0) is 16.4. The van der Waals surface area contributed by atoms with Gasteiger partial charge in [-0.05, 0) is 39.5 Å². The third kappa shape index (κ3) is 5.23. The molecule has 1 aliphatic carbocycles. The van der Waals surface area contributed by atoms with Gasteiger partial charge < -0.3 is 10.6 Å². The molecule has 2 saturated heterocycles. The summed E-state index contributed by atoms with van der Waals surface area (Å²) in [7, 11) is 0. The maximum atomic E-state index is 12.7. The van der Waals surface area contributed by atoms with Crippen LogP contribution in [0.1, 0.15) is 52.4 Å². The van der Waals surface area contributed by atoms with E-state index in [4.69, 9.17) is 5.73 Å². The van der Waals surface area contributed by atoms with Crippen LogP contribution in [0.5, 0.6) is 0 Å². The van der Waals surface area contributed by atoms with E-state index in [2.05, 4.69) is 23.6 Å². The van der Waals surface area contributed by atoms with Gasteiger partial charge in [0.15, 0.2) is 0 Å². The molecule has 2 N–H and O–H groups in total. The van der Waals surface area contributed by atoms with Crippen molar-refractivity contribution in [1.82, 2.24) is 14.7 Å². The van der Waals surface area contributed by atoms with E-state index in [1.54, 1.807) is 0 Å². The van der Waals surface area contributed by atoms with Crippen molar-refractivity contribution in [3.8, 4) is 0 Å². The maximum absolute atomic E-state index is 12.7. The van der Waals surface area contributed by atoms with Crippen molar-refractivity contribution in [1.29, 1.82) is 0 Å². The van der Waals surface area contributed by atoms with Crippen molar-refractivity contribution >= 4 is 30.7 Å². The second-order valence-corrected chi connectivity index (χ2v) is 8.01. The molecule has 148 valence electrons. The fourth-order valence-corrected chi connectivity index (χ4v) is 4.66. The minimum atomic E-state index is -0.553. The van der Waals surface area contributed by atoms with Gasteiger partial charge in [0.1, 0.15) is 0 Å². The molecule has 1 saturated carbocycles. The van der Waals surface area contributed by atoms with Crippen molar-refractivity contribution in [3.63, 3.8) is 0 Å². The number of nitrogens with zero attached hydrogens (tertiary/aromatic N) is 3. The van der Waals surface area contributed by atoms with E-state index in [1.807, 2.05) is 4.90 Å². The van der Waals surface area contributed by atoms with Crippen LogP contribution in [0.2, 0.25) is 0 Å². The first-order valence-corrected chi connectivity index (χ1v) is 9.56. The minimum Gasteiger partial charge on any atom is -0.339 e. The zero-order valence-electron chi connectivity index (χ0n) is 15.8. The van der Waals surface area contributed by atoms with Gasteiger partial charge in [-0.15, -0.1) is 24.8 Å². The van der Waals surface area contributed by atoms with Crippen LogP contribution in [0.15, 0.2) is 0 Å². The van der Waals surface area contributed by atoms with E-state index >= 15 is 0 Å². The first-order valence-electron chi connectivity index (χ1n) is 9.56. The number of amides is 1. The highest BCUT2D eigenvalue weighted by molar-refractivity contribution is 5.86. The molecule has 0 spiro atoms. The quantitative estimate of drug-likeness (QED) is 0.792. The number of likely N-dealkylation sites (tertiary alicyclic amines) is 1. The van der Waals surface area contributed by atoms with E-state index in [0.29, 0.717) is 0 Å². The molecule has 3 aliphatic rings. The van der Waals surface area contributed by atoms with Crippen LogP contribution in [0.3, 0.4) is 0 Å². The van der Waals surface area contributed by atoms with E-state index in [-0.39, 0.29) is 30.7 Å². The second-order valence-electron chi connectivity index (χ2n) is 8.01. The highest BCUT2D eigenvalue weighted by atomic mass is 35.5. The van der Waals surface area contributed by atoms with Crippen LogP contribution in [-0.4, -0.2) is 77.5 Å². The van der Waals surface area contributed by atoms with Crippen LogP contribution >= 0.6 is 24.8 Å². The second kappa shape index (κ2) is 9.75. The fraction of sp³-hybridized carbons (Fsp3) is 0.944. The van der Waals surface area contributed by atoms with Crippen LogP contribution in [0, 0.1) is 0 Å². The maximum Gasteiger partial charge on any atom is 0.242 e. The SMILES string of the molecule is CC1CCC(C)N1CCN1CCN(C(=O)C2(N)CCCC2)CC1.Cl.Cl. The molecule has 1 amide bonds. The van der Waals surface area contributed by atoms with Gasteiger partial charge in [-0.25, -0.2) is 0 Å². The average molecular weight is 395 g/mol. The normalized spacial score (nSPS) is 30.0. The van der Waals surface area contributed by atoms with E-state index in [0.717, 1.165) is 77.0 Å². The lowest BCUT2D eigenvalue weighted by molar-refractivity contribution is -0.138. The highest BCUT2D eigenvalue weighted by Gasteiger charge is 2.40. The Morgan fingerprint density at radius 2 is 1.48 bits per heavy atom. The molecule has 5 nitrogen and oxygen atoms in total. The first-order chi connectivity index (χ1) is 11.0. The van der Waals surface area contributed by atoms with Crippen LogP contribution in [-0.2, 0) is 4.79 Å². The van der Waals surface area contributed by atoms with Crippen molar-refractivity contribution < 1.29 is 4.79 Å². The van der Waals surface area contributed by atoms with Crippen molar-refractivity contribution in [2.75, 3.05) is 39.3 Å². The third-order valence-electron chi connectivity index (χ3n) is 6.39. The molecule has 3 rings (SSSR count). The Bertz CT molecular complexity index is 413. The molecule has 3 fully saturated rings. The summed E-state index contributed by atoms with van der Waals surface area (Å²) in [5, 5.41) is 0. The van der Waals surface area contributed by atoms with Crippen LogP contribution in [0.4, 0.5) is 0 Å². The van der Waals surface area contributed by atoms with Gasteiger partial charge in [0.25, 0.3) is 0 Å². The van der Waals surface area contributed by atoms with Gasteiger partial charge in [-0.1, -0.05) is 12.8 Å². The summed E-state index contributed by atoms with van der Waals surface area (Å²) in [4.78, 5) is 19.8. The molecule has 0 aromatic heterocycles. The summed E-state index contributed by atoms with van der Waals surface area (Å²) in [6, 6.07) is 1.46. The van der Waals surface area contributed by atoms with E-state index in [9.17, 15) is 4.79 Å². The Balaban J connectivity index is 0.00000156. The lowest BCUT2D eigenvalue weighted by atomic mass is 9.97. The Morgan fingerprint density at radius 3 is 2.00 bits per heavy atom. The molecule has 0 aromatic rings. The Hall–Kier alpha value is -0.0700. The molecule has 7 heteroatoms. The number of rotatable bonds is 4. The lowest BCUT2D eigenvalue weighted by Crippen LogP contribution is -2.58. The third-order valence-corrected chi connectivity index (χ3v) is 6.39. The van der Waals surface area contributed by atoms with Gasteiger partial charge in [0.2, 0.25) is 5.91 Å². The summed E-state index contributed by atoms with van der Waals surface area (Å²) in [6.45, 7) is 10.7. The van der Waals surface area contributed by atoms with Crippen LogP contribution in [0.25, 0.3) is 0 Å². The molecule has 25 heavy (non-hydrogen) atoms. The largest absolute Gasteiger partial charge is 0.339 e. The topological polar surface area (TPSA) is 52.8 Å². The minimum absolute atomic E-state index is 0. The lowest BCUT2D eigenvalue weighted by Gasteiger charge is -2.39. The molecule has 0 aromatic carbocycles. The van der Waals surface area contributed by atoms with E-state index < -0.39 is 5.54 Å². The monoisotopic (exact) mass is 394 g/mol. The zero-order valence-corrected chi connectivity index (χ0v) is 17.4. The molecule has 2 aliphatic heterocycles. The summed E-state index contributed by atoms with van der Waals surface area (Å²) < 4.78 is 0. The summed E-state index contributed by atoms with van der Waals surface area (Å²) in [5.74, 6) is 0.205. The molecule has 0 radical (unpaired) electrons. The van der Waals surface area contributed by atoms with Gasteiger partial charge in [0, 0.05) is 51.4 Å². The Kier molecular flexibility index (Phi) is 8.95. The van der Waals surface area contributed by atoms with Gasteiger partial charge in [0.05, 0.1) is 5.54 Å². The molecule has 2 atom stereocenters. The Labute approximate surface area is 165 Å². The number of halogens is 2. The van der Waals surface area contributed by atoms with Crippen molar-refractivity contribution in [2.24, 2.45) is 5.73 Å². The first kappa shape index (κ1) is 23.0. The van der Waals surface area contributed by atoms with Crippen LogP contribution < -0.4 is 5.73 Å². The smallest absolute Gasteiger partial charge is 0.242 e. The predicted octanol–water partition coefficient (Wildman–Crippen LogP) is 2.12. The van der Waals surface area contributed by atoms with Gasteiger partial charge in [-0.3, -0.25) is 14.6 Å². The standard InChI is InChI=1S/C18H34N4O.2ClH/c1-15-5-6-16(2)22(15)14-11-20-9-12-21(13-10-20)17(23)18(19)7-3-4-8-18;;/h15-16H,3-14,19H2,1-2H3;2*1H. The van der Waals surface area contributed by atoms with E-state index in [1.165, 1.54) is 12.8 Å². The molecule has 2 heterocycles. The van der Waals surface area contributed by atoms with Crippen molar-refractivity contribution in [2.45, 2.75) is 70.0 Å². The number of hydrogen-bond donors (Lipinski definition) is 1. The number of carbonyl (C=O) groups is 1. The summed E-state index contributed by atoms with van der Waals surface area (Å²) >= 11 is 0. The number of carbonyl (C=O) groups excluding carboxylic acids is 1. The molecule has 2 unspecified atom stereocenters.